The number of nitrogens with zero attached hydrogens (tertiary/aromatic N) is 1. The van der Waals surface area contributed by atoms with E-state index in [9.17, 15) is 14.7 Å². The van der Waals surface area contributed by atoms with Gasteiger partial charge in [0.15, 0.2) is 5.76 Å². The summed E-state index contributed by atoms with van der Waals surface area (Å²) < 4.78 is 10.7. The molecule has 23 heavy (non-hydrogen) atoms. The van der Waals surface area contributed by atoms with Crippen LogP contribution in [0.1, 0.15) is 6.92 Å². The van der Waals surface area contributed by atoms with E-state index >= 15 is 0 Å². The third-order valence-corrected chi connectivity index (χ3v) is 3.45. The number of nitrogens with one attached hydrogen (secondary N) is 1. The molecular weight excluding hydrogens is 300 g/mol. The topological polar surface area (TPSA) is 88.1 Å². The van der Waals surface area contributed by atoms with Crippen molar-refractivity contribution in [1.82, 2.24) is 10.2 Å². The molecule has 7 heteroatoms. The third kappa shape index (κ3) is 3.94. The minimum Gasteiger partial charge on any atom is -0.503 e. The van der Waals surface area contributed by atoms with Crippen LogP contribution < -0.4 is 14.8 Å². The van der Waals surface area contributed by atoms with Crippen molar-refractivity contribution in [2.75, 3.05) is 27.2 Å². The molecule has 0 radical (unpaired) electrons. The first kappa shape index (κ1) is 16.7. The van der Waals surface area contributed by atoms with Crippen LogP contribution in [0.2, 0.25) is 0 Å². The van der Waals surface area contributed by atoms with Gasteiger partial charge in [0.2, 0.25) is 0 Å². The Morgan fingerprint density at radius 3 is 2.48 bits per heavy atom. The predicted molar refractivity (Wildman–Crippen MR) is 83.4 cm³/mol. The summed E-state index contributed by atoms with van der Waals surface area (Å²) in [5.74, 6) is -0.113. The van der Waals surface area contributed by atoms with Crippen LogP contribution in [0.15, 0.2) is 35.6 Å². The van der Waals surface area contributed by atoms with E-state index in [0.717, 1.165) is 5.75 Å². The SMILES string of the molecule is COc1ccc(OC(C)CNC(=O)C2=C(O)C(=O)N(C)C2)cc1. The van der Waals surface area contributed by atoms with Gasteiger partial charge in [-0.25, -0.2) is 0 Å². The molecule has 0 spiro atoms. The van der Waals surface area contributed by atoms with Gasteiger partial charge in [0.05, 0.1) is 25.8 Å². The molecule has 0 fully saturated rings. The summed E-state index contributed by atoms with van der Waals surface area (Å²) in [5, 5.41) is 12.3. The van der Waals surface area contributed by atoms with Crippen LogP contribution in [0.3, 0.4) is 0 Å². The minimum absolute atomic E-state index is 0.0779. The Balaban J connectivity index is 1.85. The number of hydrogen-bond acceptors (Lipinski definition) is 5. The average molecular weight is 320 g/mol. The molecule has 0 bridgehead atoms. The molecule has 1 aromatic rings. The van der Waals surface area contributed by atoms with E-state index in [0.29, 0.717) is 5.75 Å². The molecule has 7 nitrogen and oxygen atoms in total. The maximum atomic E-state index is 12.0. The zero-order valence-corrected chi connectivity index (χ0v) is 13.3. The van der Waals surface area contributed by atoms with Gasteiger partial charge in [-0.15, -0.1) is 0 Å². The summed E-state index contributed by atoms with van der Waals surface area (Å²) in [4.78, 5) is 24.7. The number of hydrogen-bond donors (Lipinski definition) is 2. The molecule has 1 aromatic carbocycles. The Morgan fingerprint density at radius 2 is 1.96 bits per heavy atom. The first-order chi connectivity index (χ1) is 10.9. The number of benzene rings is 1. The molecule has 0 aromatic heterocycles. The third-order valence-electron chi connectivity index (χ3n) is 3.45. The number of likely N-dealkylation sites (N-methyl/N-ethyl adjacent to an activating group) is 1. The summed E-state index contributed by atoms with van der Waals surface area (Å²) >= 11 is 0. The van der Waals surface area contributed by atoms with E-state index in [1.165, 1.54) is 11.9 Å². The maximum Gasteiger partial charge on any atom is 0.289 e. The molecule has 2 rings (SSSR count). The van der Waals surface area contributed by atoms with Gasteiger partial charge in [-0.3, -0.25) is 9.59 Å². The lowest BCUT2D eigenvalue weighted by Crippen LogP contribution is -2.35. The van der Waals surface area contributed by atoms with E-state index in [2.05, 4.69) is 5.32 Å². The fourth-order valence-corrected chi connectivity index (χ4v) is 2.14. The molecule has 1 unspecified atom stereocenters. The zero-order valence-electron chi connectivity index (χ0n) is 13.3. The molecule has 0 aliphatic carbocycles. The molecule has 0 saturated carbocycles. The van der Waals surface area contributed by atoms with Crippen LogP contribution in [0.25, 0.3) is 0 Å². The molecule has 1 atom stereocenters. The first-order valence-corrected chi connectivity index (χ1v) is 7.19. The van der Waals surface area contributed by atoms with Crippen LogP contribution in [0, 0.1) is 0 Å². The van der Waals surface area contributed by atoms with Crippen molar-refractivity contribution in [3.8, 4) is 11.5 Å². The number of carbonyl (C=O) groups excluding carboxylic acids is 2. The number of amides is 2. The molecule has 1 heterocycles. The summed E-state index contributed by atoms with van der Waals surface area (Å²) in [6.07, 6.45) is -0.273. The fourth-order valence-electron chi connectivity index (χ4n) is 2.14. The lowest BCUT2D eigenvalue weighted by atomic mass is 10.2. The second kappa shape index (κ2) is 7.04. The Bertz CT molecular complexity index is 624. The highest BCUT2D eigenvalue weighted by atomic mass is 16.5. The second-order valence-corrected chi connectivity index (χ2v) is 5.30. The molecule has 2 amide bonds. The summed E-state index contributed by atoms with van der Waals surface area (Å²) in [6, 6.07) is 7.11. The largest absolute Gasteiger partial charge is 0.503 e. The molecule has 124 valence electrons. The van der Waals surface area contributed by atoms with Crippen molar-refractivity contribution in [1.29, 1.82) is 0 Å². The average Bonchev–Trinajstić information content (AvgIpc) is 2.81. The predicted octanol–water partition coefficient (Wildman–Crippen LogP) is 0.863. The molecule has 0 saturated heterocycles. The molecular formula is C16H20N2O5. The highest BCUT2D eigenvalue weighted by Crippen LogP contribution is 2.18. The normalized spacial score (nSPS) is 15.6. The molecule has 2 N–H and O–H groups in total. The smallest absolute Gasteiger partial charge is 0.289 e. The van der Waals surface area contributed by atoms with Crippen molar-refractivity contribution in [2.24, 2.45) is 0 Å². The standard InChI is InChI=1S/C16H20N2O5/c1-10(23-12-6-4-11(22-3)5-7-12)8-17-15(20)13-9-18(2)16(21)14(13)19/h4-7,10,19H,8-9H2,1-3H3,(H,17,20). The van der Waals surface area contributed by atoms with Gasteiger partial charge in [-0.1, -0.05) is 0 Å². The van der Waals surface area contributed by atoms with Crippen molar-refractivity contribution in [2.45, 2.75) is 13.0 Å². The second-order valence-electron chi connectivity index (χ2n) is 5.30. The Hall–Kier alpha value is -2.70. The van der Waals surface area contributed by atoms with Gasteiger partial charge in [0.1, 0.15) is 17.6 Å². The van der Waals surface area contributed by atoms with Crippen molar-refractivity contribution in [3.63, 3.8) is 0 Å². The zero-order chi connectivity index (χ0) is 17.0. The van der Waals surface area contributed by atoms with Crippen LogP contribution in [-0.2, 0) is 9.59 Å². The fraction of sp³-hybridized carbons (Fsp3) is 0.375. The Labute approximate surface area is 134 Å². The van der Waals surface area contributed by atoms with Gasteiger partial charge in [0, 0.05) is 7.05 Å². The van der Waals surface area contributed by atoms with E-state index in [1.54, 1.807) is 31.4 Å². The summed E-state index contributed by atoms with van der Waals surface area (Å²) in [7, 11) is 3.11. The van der Waals surface area contributed by atoms with Crippen molar-refractivity contribution in [3.05, 3.63) is 35.6 Å². The van der Waals surface area contributed by atoms with Gasteiger partial charge in [0.25, 0.3) is 11.8 Å². The molecule has 1 aliphatic heterocycles. The maximum absolute atomic E-state index is 12.0. The Morgan fingerprint density at radius 1 is 1.35 bits per heavy atom. The highest BCUT2D eigenvalue weighted by molar-refractivity contribution is 6.06. The van der Waals surface area contributed by atoms with Gasteiger partial charge in [-0.2, -0.15) is 0 Å². The molecule has 1 aliphatic rings. The van der Waals surface area contributed by atoms with Crippen LogP contribution in [0.4, 0.5) is 0 Å². The van der Waals surface area contributed by atoms with E-state index in [1.807, 2.05) is 6.92 Å². The lowest BCUT2D eigenvalue weighted by Gasteiger charge is -2.16. The monoisotopic (exact) mass is 320 g/mol. The number of aliphatic hydroxyl groups excluding tert-OH is 1. The van der Waals surface area contributed by atoms with Crippen LogP contribution in [-0.4, -0.2) is 55.2 Å². The van der Waals surface area contributed by atoms with Crippen molar-refractivity contribution >= 4 is 11.8 Å². The van der Waals surface area contributed by atoms with Crippen LogP contribution in [0.5, 0.6) is 11.5 Å². The number of methoxy groups -OCH3 is 1. The van der Waals surface area contributed by atoms with Gasteiger partial charge < -0.3 is 24.8 Å². The Kier molecular flexibility index (Phi) is 5.10. The van der Waals surface area contributed by atoms with Crippen LogP contribution >= 0.6 is 0 Å². The van der Waals surface area contributed by atoms with E-state index in [4.69, 9.17) is 9.47 Å². The van der Waals surface area contributed by atoms with Gasteiger partial charge in [-0.05, 0) is 31.2 Å². The number of carbonyl (C=O) groups is 2. The van der Waals surface area contributed by atoms with Gasteiger partial charge >= 0.3 is 0 Å². The van der Waals surface area contributed by atoms with E-state index < -0.39 is 17.6 Å². The number of rotatable bonds is 6. The minimum atomic E-state index is -0.544. The highest BCUT2D eigenvalue weighted by Gasteiger charge is 2.31. The summed E-state index contributed by atoms with van der Waals surface area (Å²) in [5.41, 5.74) is 0.0779. The quantitative estimate of drug-likeness (QED) is 0.812. The van der Waals surface area contributed by atoms with Crippen molar-refractivity contribution < 1.29 is 24.2 Å². The van der Waals surface area contributed by atoms with E-state index in [-0.39, 0.29) is 24.8 Å². The lowest BCUT2D eigenvalue weighted by molar-refractivity contribution is -0.126. The first-order valence-electron chi connectivity index (χ1n) is 7.19. The summed E-state index contributed by atoms with van der Waals surface area (Å²) in [6.45, 7) is 2.16. The number of aliphatic hydroxyl groups is 1. The number of ether oxygens (including phenoxy) is 2.